The molecule has 0 saturated carbocycles. The highest BCUT2D eigenvalue weighted by Crippen LogP contribution is 2.40. The lowest BCUT2D eigenvalue weighted by atomic mass is 9.74. The summed E-state index contributed by atoms with van der Waals surface area (Å²) in [7, 11) is 0. The highest BCUT2D eigenvalue weighted by atomic mass is 32.1. The molecule has 13 heteroatoms. The van der Waals surface area contributed by atoms with Crippen molar-refractivity contribution in [2.45, 2.75) is 38.8 Å². The van der Waals surface area contributed by atoms with Crippen LogP contribution in [0.5, 0.6) is 0 Å². The number of aromatic nitrogens is 1. The number of rotatable bonds is 11. The monoisotopic (exact) mass is 442 g/mol. The molecule has 1 aliphatic rings. The topological polar surface area (TPSA) is 182 Å². The first-order valence-corrected chi connectivity index (χ1v) is 9.65. The van der Waals surface area contributed by atoms with Gasteiger partial charge in [0.05, 0.1) is 18.1 Å². The Bertz CT molecular complexity index is 881. The second-order valence-electron chi connectivity index (χ2n) is 7.03. The van der Waals surface area contributed by atoms with E-state index in [1.165, 1.54) is 12.3 Å². The van der Waals surface area contributed by atoms with Crippen molar-refractivity contribution in [1.82, 2.24) is 10.0 Å². The maximum absolute atomic E-state index is 12.8. The fourth-order valence-corrected chi connectivity index (χ4v) is 3.31. The van der Waals surface area contributed by atoms with E-state index in [9.17, 15) is 24.3 Å². The predicted octanol–water partition coefficient (Wildman–Crippen LogP) is -0.392. The number of aliphatic hydroxyl groups is 1. The molecule has 1 amide bonds. The maximum Gasteiger partial charge on any atom is 0.344 e. The number of hydrogen-bond acceptors (Lipinski definition) is 11. The predicted molar refractivity (Wildman–Crippen MR) is 103 cm³/mol. The zero-order valence-corrected chi connectivity index (χ0v) is 17.3. The number of amides is 1. The molecule has 1 fully saturated rings. The number of aliphatic carboxylic acids is 1. The number of anilines is 1. The highest BCUT2D eigenvalue weighted by molar-refractivity contribution is 7.13. The van der Waals surface area contributed by atoms with Crippen molar-refractivity contribution in [3.63, 3.8) is 0 Å². The van der Waals surface area contributed by atoms with Gasteiger partial charge in [-0.1, -0.05) is 5.16 Å². The van der Waals surface area contributed by atoms with Gasteiger partial charge < -0.3 is 20.8 Å². The summed E-state index contributed by atoms with van der Waals surface area (Å²) >= 11 is 1.05. The number of hydrogen-bond donors (Lipinski definition) is 3. The smallest absolute Gasteiger partial charge is 0.344 e. The third-order valence-electron chi connectivity index (χ3n) is 4.49. The normalized spacial score (nSPS) is 19.2. The number of thiazole rings is 1. The zero-order chi connectivity index (χ0) is 22.6. The first kappa shape index (κ1) is 23.4. The Morgan fingerprint density at radius 3 is 2.57 bits per heavy atom. The van der Waals surface area contributed by atoms with Crippen molar-refractivity contribution in [2.75, 3.05) is 18.9 Å². The number of aliphatic hydroxyl groups excluding tert-OH is 1. The van der Waals surface area contributed by atoms with Crippen LogP contribution in [0.4, 0.5) is 5.13 Å². The molecule has 1 aromatic heterocycles. The Balaban J connectivity index is 2.16. The highest BCUT2D eigenvalue weighted by Gasteiger charge is 2.57. The van der Waals surface area contributed by atoms with Crippen LogP contribution >= 0.6 is 11.3 Å². The van der Waals surface area contributed by atoms with Crippen molar-refractivity contribution in [3.8, 4) is 0 Å². The fourth-order valence-electron chi connectivity index (χ4n) is 2.76. The lowest BCUT2D eigenvalue weighted by Crippen LogP contribution is -2.69. The van der Waals surface area contributed by atoms with Crippen molar-refractivity contribution < 1.29 is 39.1 Å². The molecule has 0 bridgehead atoms. The fraction of sp³-hybridized carbons (Fsp3) is 0.529. The SMILES string of the molecule is CC(=O)C(CO)ON1C(=O)[C@@H](CC(=O)/C(=N\OCC(=O)O)c2csc(N)n2)C1(C)C. The van der Waals surface area contributed by atoms with Gasteiger partial charge in [-0.3, -0.25) is 19.2 Å². The lowest BCUT2D eigenvalue weighted by molar-refractivity contribution is -0.284. The van der Waals surface area contributed by atoms with E-state index in [1.807, 2.05) is 0 Å². The Hall–Kier alpha value is -2.90. The van der Waals surface area contributed by atoms with Gasteiger partial charge in [-0.2, -0.15) is 0 Å². The number of ketones is 2. The summed E-state index contributed by atoms with van der Waals surface area (Å²) in [5.74, 6) is -3.70. The van der Waals surface area contributed by atoms with Crippen LogP contribution in [0, 0.1) is 5.92 Å². The minimum atomic E-state index is -1.28. The summed E-state index contributed by atoms with van der Waals surface area (Å²) in [6, 6.07) is 0. The van der Waals surface area contributed by atoms with Crippen molar-refractivity contribution >= 4 is 45.6 Å². The van der Waals surface area contributed by atoms with Crippen LogP contribution in [0.2, 0.25) is 0 Å². The van der Waals surface area contributed by atoms with Crippen LogP contribution in [-0.2, 0) is 28.9 Å². The lowest BCUT2D eigenvalue weighted by Gasteiger charge is -2.52. The van der Waals surface area contributed by atoms with Crippen molar-refractivity contribution in [3.05, 3.63) is 11.1 Å². The molecule has 12 nitrogen and oxygen atoms in total. The number of β-lactam (4-membered cyclic amide) rings is 1. The molecule has 1 unspecified atom stereocenters. The van der Waals surface area contributed by atoms with Gasteiger partial charge in [0.1, 0.15) is 5.69 Å². The van der Waals surface area contributed by atoms with E-state index in [0.29, 0.717) is 0 Å². The van der Waals surface area contributed by atoms with Gasteiger partial charge in [0.25, 0.3) is 5.91 Å². The van der Waals surface area contributed by atoms with E-state index in [2.05, 4.69) is 15.0 Å². The van der Waals surface area contributed by atoms with Gasteiger partial charge in [0, 0.05) is 11.8 Å². The van der Waals surface area contributed by atoms with E-state index in [-0.39, 0.29) is 23.0 Å². The molecule has 0 radical (unpaired) electrons. The molecule has 1 saturated heterocycles. The van der Waals surface area contributed by atoms with Crippen LogP contribution in [0.25, 0.3) is 0 Å². The molecule has 4 N–H and O–H groups in total. The van der Waals surface area contributed by atoms with Gasteiger partial charge in [0.2, 0.25) is 6.61 Å². The first-order chi connectivity index (χ1) is 14.0. The van der Waals surface area contributed by atoms with Gasteiger partial charge in [0.15, 0.2) is 28.5 Å². The summed E-state index contributed by atoms with van der Waals surface area (Å²) in [4.78, 5) is 61.4. The minimum absolute atomic E-state index is 0.0995. The molecule has 2 heterocycles. The molecule has 164 valence electrons. The van der Waals surface area contributed by atoms with Crippen LogP contribution < -0.4 is 5.73 Å². The summed E-state index contributed by atoms with van der Waals surface area (Å²) in [6.45, 7) is 3.14. The maximum atomic E-state index is 12.8. The Morgan fingerprint density at radius 2 is 2.10 bits per heavy atom. The molecule has 0 spiro atoms. The average Bonchev–Trinajstić information content (AvgIpc) is 3.08. The molecule has 0 aromatic carbocycles. The Morgan fingerprint density at radius 1 is 1.43 bits per heavy atom. The third kappa shape index (κ3) is 4.98. The summed E-state index contributed by atoms with van der Waals surface area (Å²) in [5, 5.41) is 24.1. The molecule has 0 aliphatic carbocycles. The van der Waals surface area contributed by atoms with Gasteiger partial charge in [-0.15, -0.1) is 11.3 Å². The molecule has 2 atom stereocenters. The Labute approximate surface area is 175 Å². The summed E-state index contributed by atoms with van der Waals surface area (Å²) < 4.78 is 0. The van der Waals surface area contributed by atoms with Crippen LogP contribution in [0.1, 0.15) is 32.9 Å². The van der Waals surface area contributed by atoms with Gasteiger partial charge in [-0.05, 0) is 20.8 Å². The van der Waals surface area contributed by atoms with Gasteiger partial charge in [-0.25, -0.2) is 14.8 Å². The zero-order valence-electron chi connectivity index (χ0n) is 16.5. The Kier molecular flexibility index (Phi) is 7.23. The van der Waals surface area contributed by atoms with E-state index in [1.54, 1.807) is 13.8 Å². The van der Waals surface area contributed by atoms with E-state index >= 15 is 0 Å². The summed E-state index contributed by atoms with van der Waals surface area (Å²) in [6.07, 6.45) is -1.48. The minimum Gasteiger partial charge on any atom is -0.479 e. The van der Waals surface area contributed by atoms with Crippen molar-refractivity contribution in [1.29, 1.82) is 0 Å². The van der Waals surface area contributed by atoms with Crippen LogP contribution in [-0.4, -0.2) is 74.3 Å². The number of oxime groups is 1. The first-order valence-electron chi connectivity index (χ1n) is 8.77. The molecular weight excluding hydrogens is 420 g/mol. The number of carboxylic acid groups (broad SMARTS) is 1. The summed E-state index contributed by atoms with van der Waals surface area (Å²) in [5.41, 5.74) is 4.47. The average molecular weight is 442 g/mol. The number of carbonyl (C=O) groups excluding carboxylic acids is 3. The number of carboxylic acids is 1. The van der Waals surface area contributed by atoms with E-state index in [0.717, 1.165) is 16.4 Å². The second-order valence-corrected chi connectivity index (χ2v) is 7.92. The molecule has 2 rings (SSSR count). The van der Waals surface area contributed by atoms with Gasteiger partial charge >= 0.3 is 5.97 Å². The molecule has 1 aliphatic heterocycles. The second kappa shape index (κ2) is 9.28. The van der Waals surface area contributed by atoms with E-state index < -0.39 is 54.2 Å². The molecular formula is C17H22N4O8S. The van der Waals surface area contributed by atoms with Crippen molar-refractivity contribution in [2.24, 2.45) is 11.1 Å². The van der Waals surface area contributed by atoms with Crippen LogP contribution in [0.3, 0.4) is 0 Å². The number of hydroxylamine groups is 2. The van der Waals surface area contributed by atoms with Crippen LogP contribution in [0.15, 0.2) is 10.5 Å². The number of nitrogens with two attached hydrogens (primary N) is 1. The van der Waals surface area contributed by atoms with E-state index in [4.69, 9.17) is 15.7 Å². The standard InChI is InChI=1S/C17H22N4O8S/c1-8(23)12(5-22)29-21-15(27)9(17(21,2)3)4-11(24)14(20-28-6-13(25)26)10-7-30-16(18)19-10/h7,9,12,22H,4-6H2,1-3H3,(H2,18,19)(H,25,26)/b20-14-/t9-,12?/m1/s1. The number of carbonyl (C=O) groups is 4. The number of Topliss-reactive ketones (excluding diaryl/α,β-unsaturated/α-hetero) is 2. The third-order valence-corrected chi connectivity index (χ3v) is 5.16. The number of nitrogens with zero attached hydrogens (tertiary/aromatic N) is 3. The quantitative estimate of drug-likeness (QED) is 0.232. The number of nitrogen functional groups attached to an aromatic ring is 1. The molecule has 1 aromatic rings. The molecule has 30 heavy (non-hydrogen) atoms. The largest absolute Gasteiger partial charge is 0.479 e.